The van der Waals surface area contributed by atoms with Crippen LogP contribution in [-0.4, -0.2) is 45.4 Å². The minimum atomic E-state index is -0.419. The van der Waals surface area contributed by atoms with E-state index in [9.17, 15) is 10.1 Å². The first kappa shape index (κ1) is 14.9. The summed E-state index contributed by atoms with van der Waals surface area (Å²) in [5, 5.41) is 14.7. The lowest BCUT2D eigenvalue weighted by Crippen LogP contribution is -2.37. The number of aromatic nitrogens is 2. The number of rotatable bonds is 7. The smallest absolute Gasteiger partial charge is 0.307 e. The molecule has 0 saturated carbocycles. The van der Waals surface area contributed by atoms with Crippen LogP contribution in [0.5, 0.6) is 0 Å². The van der Waals surface area contributed by atoms with Gasteiger partial charge in [-0.3, -0.25) is 19.7 Å². The molecule has 1 saturated heterocycles. The molecule has 1 aliphatic heterocycles. The van der Waals surface area contributed by atoms with Crippen LogP contribution in [0.2, 0.25) is 0 Å². The molecule has 1 aromatic heterocycles. The van der Waals surface area contributed by atoms with Crippen LogP contribution >= 0.6 is 0 Å². The highest BCUT2D eigenvalue weighted by Crippen LogP contribution is 2.15. The second-order valence-corrected chi connectivity index (χ2v) is 5.20. The highest BCUT2D eigenvalue weighted by atomic mass is 16.6. The van der Waals surface area contributed by atoms with Gasteiger partial charge in [-0.25, -0.2) is 0 Å². The van der Waals surface area contributed by atoms with E-state index in [0.717, 1.165) is 39.0 Å². The number of hydrogen-bond acceptors (Lipinski definition) is 5. The van der Waals surface area contributed by atoms with Crippen LogP contribution in [-0.2, 0) is 11.4 Å². The minimum absolute atomic E-state index is 0.0374. The van der Waals surface area contributed by atoms with Crippen molar-refractivity contribution >= 4 is 5.69 Å². The molecule has 0 aromatic carbocycles. The topological polar surface area (TPSA) is 73.4 Å². The third-order valence-corrected chi connectivity index (χ3v) is 3.45. The highest BCUT2D eigenvalue weighted by molar-refractivity contribution is 5.20. The minimum Gasteiger partial charge on any atom is -0.377 e. The molecule has 0 bridgehead atoms. The summed E-state index contributed by atoms with van der Waals surface area (Å²) < 4.78 is 7.38. The van der Waals surface area contributed by atoms with E-state index < -0.39 is 4.92 Å². The van der Waals surface area contributed by atoms with Crippen molar-refractivity contribution < 1.29 is 9.66 Å². The van der Waals surface area contributed by atoms with Crippen molar-refractivity contribution in [3.8, 4) is 0 Å². The summed E-state index contributed by atoms with van der Waals surface area (Å²) in [7, 11) is 0. The SMILES string of the molecule is CCCN(C[C@H]1CCCCO1)Cn1cc([N+](=O)[O-])cn1. The third kappa shape index (κ3) is 4.28. The van der Waals surface area contributed by atoms with E-state index in [1.54, 1.807) is 4.68 Å². The highest BCUT2D eigenvalue weighted by Gasteiger charge is 2.18. The van der Waals surface area contributed by atoms with Crippen LogP contribution < -0.4 is 0 Å². The van der Waals surface area contributed by atoms with Crippen molar-refractivity contribution in [2.45, 2.75) is 45.4 Å². The molecule has 1 fully saturated rings. The maximum absolute atomic E-state index is 10.7. The third-order valence-electron chi connectivity index (χ3n) is 3.45. The maximum atomic E-state index is 10.7. The fourth-order valence-electron chi connectivity index (χ4n) is 2.50. The van der Waals surface area contributed by atoms with Gasteiger partial charge in [0, 0.05) is 13.2 Å². The molecule has 0 radical (unpaired) electrons. The first-order valence-corrected chi connectivity index (χ1v) is 7.20. The number of nitro groups is 1. The first-order chi connectivity index (χ1) is 9.69. The Kier molecular flexibility index (Phi) is 5.49. The van der Waals surface area contributed by atoms with Crippen molar-refractivity contribution in [2.24, 2.45) is 0 Å². The average molecular weight is 282 g/mol. The Balaban J connectivity index is 1.91. The van der Waals surface area contributed by atoms with Crippen LogP contribution in [0.4, 0.5) is 5.69 Å². The van der Waals surface area contributed by atoms with E-state index >= 15 is 0 Å². The van der Waals surface area contributed by atoms with E-state index in [2.05, 4.69) is 16.9 Å². The Hall–Kier alpha value is -1.47. The van der Waals surface area contributed by atoms with Crippen LogP contribution in [0.25, 0.3) is 0 Å². The van der Waals surface area contributed by atoms with E-state index in [4.69, 9.17) is 4.74 Å². The van der Waals surface area contributed by atoms with Gasteiger partial charge >= 0.3 is 5.69 Å². The molecule has 0 unspecified atom stereocenters. The normalized spacial score (nSPS) is 19.4. The second-order valence-electron chi connectivity index (χ2n) is 5.20. The van der Waals surface area contributed by atoms with Gasteiger partial charge in [0.15, 0.2) is 0 Å². The summed E-state index contributed by atoms with van der Waals surface area (Å²) in [5.74, 6) is 0. The van der Waals surface area contributed by atoms with E-state index in [1.807, 2.05) is 0 Å². The molecule has 2 heterocycles. The van der Waals surface area contributed by atoms with Gasteiger partial charge in [0.1, 0.15) is 12.4 Å². The summed E-state index contributed by atoms with van der Waals surface area (Å²) in [6.07, 6.45) is 7.55. The number of nitrogens with zero attached hydrogens (tertiary/aromatic N) is 4. The molecule has 0 amide bonds. The van der Waals surface area contributed by atoms with Gasteiger partial charge in [0.25, 0.3) is 0 Å². The standard InChI is InChI=1S/C13H22N4O3/c1-2-6-15(10-13-5-3-4-7-20-13)11-16-9-12(8-14-16)17(18)19/h8-9,13H,2-7,10-11H2,1H3/t13-/m1/s1. The maximum Gasteiger partial charge on any atom is 0.307 e. The van der Waals surface area contributed by atoms with Crippen LogP contribution in [0.3, 0.4) is 0 Å². The Bertz CT molecular complexity index is 429. The lowest BCUT2D eigenvalue weighted by atomic mass is 10.1. The monoisotopic (exact) mass is 282 g/mol. The molecule has 112 valence electrons. The van der Waals surface area contributed by atoms with Gasteiger partial charge in [-0.05, 0) is 32.2 Å². The molecular formula is C13H22N4O3. The van der Waals surface area contributed by atoms with Crippen molar-refractivity contribution in [1.29, 1.82) is 0 Å². The summed E-state index contributed by atoms with van der Waals surface area (Å²) in [6.45, 7) is 5.34. The Morgan fingerprint density at radius 1 is 1.60 bits per heavy atom. The van der Waals surface area contributed by atoms with Crippen LogP contribution in [0, 0.1) is 10.1 Å². The predicted molar refractivity (Wildman–Crippen MR) is 74.3 cm³/mol. The molecule has 1 atom stereocenters. The fourth-order valence-corrected chi connectivity index (χ4v) is 2.50. The zero-order chi connectivity index (χ0) is 14.4. The van der Waals surface area contributed by atoms with Crippen molar-refractivity contribution in [1.82, 2.24) is 14.7 Å². The molecule has 20 heavy (non-hydrogen) atoms. The first-order valence-electron chi connectivity index (χ1n) is 7.20. The van der Waals surface area contributed by atoms with Crippen LogP contribution in [0.1, 0.15) is 32.6 Å². The molecular weight excluding hydrogens is 260 g/mol. The lowest BCUT2D eigenvalue weighted by molar-refractivity contribution is -0.385. The molecule has 7 heteroatoms. The number of hydrogen-bond donors (Lipinski definition) is 0. The summed E-state index contributed by atoms with van der Waals surface area (Å²) in [5.41, 5.74) is 0.0374. The quantitative estimate of drug-likeness (QED) is 0.565. The molecule has 0 N–H and O–H groups in total. The van der Waals surface area contributed by atoms with E-state index in [0.29, 0.717) is 6.67 Å². The van der Waals surface area contributed by atoms with Gasteiger partial charge in [-0.1, -0.05) is 6.92 Å². The Morgan fingerprint density at radius 3 is 3.05 bits per heavy atom. The number of ether oxygens (including phenoxy) is 1. The van der Waals surface area contributed by atoms with E-state index in [1.165, 1.54) is 18.8 Å². The Labute approximate surface area is 118 Å². The zero-order valence-electron chi connectivity index (χ0n) is 11.9. The largest absolute Gasteiger partial charge is 0.377 e. The average Bonchev–Trinajstić information content (AvgIpc) is 2.89. The van der Waals surface area contributed by atoms with Crippen molar-refractivity contribution in [3.63, 3.8) is 0 Å². The van der Waals surface area contributed by atoms with Crippen molar-refractivity contribution in [3.05, 3.63) is 22.5 Å². The molecule has 2 rings (SSSR count). The summed E-state index contributed by atoms with van der Waals surface area (Å²) in [6, 6.07) is 0. The van der Waals surface area contributed by atoms with Crippen molar-refractivity contribution in [2.75, 3.05) is 19.7 Å². The van der Waals surface area contributed by atoms with Gasteiger partial charge < -0.3 is 4.74 Å². The van der Waals surface area contributed by atoms with Gasteiger partial charge in [-0.15, -0.1) is 0 Å². The zero-order valence-corrected chi connectivity index (χ0v) is 11.9. The predicted octanol–water partition coefficient (Wildman–Crippen LogP) is 2.03. The lowest BCUT2D eigenvalue weighted by Gasteiger charge is -2.29. The van der Waals surface area contributed by atoms with E-state index in [-0.39, 0.29) is 11.8 Å². The second kappa shape index (κ2) is 7.35. The van der Waals surface area contributed by atoms with Gasteiger partial charge in [0.05, 0.1) is 17.7 Å². The fraction of sp³-hybridized carbons (Fsp3) is 0.769. The van der Waals surface area contributed by atoms with Gasteiger partial charge in [0.2, 0.25) is 0 Å². The molecule has 7 nitrogen and oxygen atoms in total. The van der Waals surface area contributed by atoms with Gasteiger partial charge in [-0.2, -0.15) is 5.10 Å². The summed E-state index contributed by atoms with van der Waals surface area (Å²) >= 11 is 0. The molecule has 1 aliphatic rings. The Morgan fingerprint density at radius 2 is 2.45 bits per heavy atom. The molecule has 0 aliphatic carbocycles. The van der Waals surface area contributed by atoms with Crippen LogP contribution in [0.15, 0.2) is 12.4 Å². The molecule has 1 aromatic rings. The molecule has 0 spiro atoms. The summed E-state index contributed by atoms with van der Waals surface area (Å²) in [4.78, 5) is 12.5.